The first-order valence-electron chi connectivity index (χ1n) is 10.6. The number of rotatable bonds is 8. The predicted octanol–water partition coefficient (Wildman–Crippen LogP) is 5.61. The van der Waals surface area contributed by atoms with Crippen LogP contribution < -0.4 is 0 Å². The zero-order chi connectivity index (χ0) is 19.9. The molecule has 3 aromatic rings. The summed E-state index contributed by atoms with van der Waals surface area (Å²) in [6.07, 6.45) is 7.99. The molecule has 0 bridgehead atoms. The van der Waals surface area contributed by atoms with E-state index in [0.29, 0.717) is 6.42 Å². The largest absolute Gasteiger partial charge is 0.442 e. The molecule has 0 amide bonds. The van der Waals surface area contributed by atoms with Gasteiger partial charge in [-0.05, 0) is 61.4 Å². The lowest BCUT2D eigenvalue weighted by atomic mass is 9.91. The molecule has 1 fully saturated rings. The highest BCUT2D eigenvalue weighted by molar-refractivity contribution is 5.91. The highest BCUT2D eigenvalue weighted by Gasteiger charge is 2.20. The van der Waals surface area contributed by atoms with Gasteiger partial charge in [-0.1, -0.05) is 54.6 Å². The first-order valence-corrected chi connectivity index (χ1v) is 10.6. The van der Waals surface area contributed by atoms with Gasteiger partial charge in [-0.25, -0.2) is 4.98 Å². The summed E-state index contributed by atoms with van der Waals surface area (Å²) in [5.74, 6) is 0.994. The van der Waals surface area contributed by atoms with Crippen molar-refractivity contribution in [2.24, 2.45) is 5.92 Å². The summed E-state index contributed by atoms with van der Waals surface area (Å²) in [5, 5.41) is 0. The van der Waals surface area contributed by atoms with Gasteiger partial charge in [0.1, 0.15) is 6.26 Å². The molecule has 4 rings (SSSR count). The highest BCUT2D eigenvalue weighted by atomic mass is 16.3. The van der Waals surface area contributed by atoms with Crippen LogP contribution in [0.5, 0.6) is 0 Å². The van der Waals surface area contributed by atoms with Gasteiger partial charge in [0, 0.05) is 13.0 Å². The molecule has 1 aliphatic heterocycles. The number of ketones is 1. The molecule has 29 heavy (non-hydrogen) atoms. The lowest BCUT2D eigenvalue weighted by molar-refractivity contribution is 0.0940. The predicted molar refractivity (Wildman–Crippen MR) is 115 cm³/mol. The smallest absolute Gasteiger partial charge is 0.263 e. The standard InChI is InChI=1S/C25H28N2O2/c28-24(25-26-15-18-29-25)8-4-5-20-13-16-27(17-14-20)19-21-9-11-23(12-10-21)22-6-2-1-3-7-22/h1-3,6-7,9-12,15,18,20H,4-5,8,13-14,16-17,19H2. The molecule has 0 spiro atoms. The van der Waals surface area contributed by atoms with Crippen molar-refractivity contribution >= 4 is 5.78 Å². The maximum Gasteiger partial charge on any atom is 0.263 e. The molecule has 0 aliphatic carbocycles. The van der Waals surface area contributed by atoms with Crippen LogP contribution in [-0.2, 0) is 6.54 Å². The van der Waals surface area contributed by atoms with Crippen LogP contribution in [-0.4, -0.2) is 28.8 Å². The summed E-state index contributed by atoms with van der Waals surface area (Å²) in [4.78, 5) is 18.4. The second-order valence-corrected chi connectivity index (χ2v) is 7.94. The van der Waals surface area contributed by atoms with E-state index in [1.165, 1.54) is 42.0 Å². The van der Waals surface area contributed by atoms with Gasteiger partial charge in [-0.2, -0.15) is 0 Å². The van der Waals surface area contributed by atoms with Gasteiger partial charge < -0.3 is 4.42 Å². The fourth-order valence-electron chi connectivity index (χ4n) is 4.14. The minimum atomic E-state index is 0.0198. The average molecular weight is 389 g/mol. The lowest BCUT2D eigenvalue weighted by Crippen LogP contribution is -2.33. The van der Waals surface area contributed by atoms with Crippen LogP contribution in [0.3, 0.4) is 0 Å². The van der Waals surface area contributed by atoms with Crippen LogP contribution in [0.1, 0.15) is 48.4 Å². The van der Waals surface area contributed by atoms with Crippen molar-refractivity contribution in [3.05, 3.63) is 78.5 Å². The fourth-order valence-corrected chi connectivity index (χ4v) is 4.14. The van der Waals surface area contributed by atoms with E-state index in [4.69, 9.17) is 4.42 Å². The quantitative estimate of drug-likeness (QED) is 0.471. The molecule has 0 saturated carbocycles. The molecule has 150 valence electrons. The third-order valence-electron chi connectivity index (χ3n) is 5.86. The topological polar surface area (TPSA) is 46.3 Å². The van der Waals surface area contributed by atoms with Crippen molar-refractivity contribution in [1.29, 1.82) is 0 Å². The summed E-state index contributed by atoms with van der Waals surface area (Å²) in [5.41, 5.74) is 3.91. The molecular formula is C25H28N2O2. The van der Waals surface area contributed by atoms with Gasteiger partial charge in [0.2, 0.25) is 5.78 Å². The van der Waals surface area contributed by atoms with Crippen molar-refractivity contribution < 1.29 is 9.21 Å². The number of Topliss-reactive ketones (excluding diaryl/α,β-unsaturated/α-hetero) is 1. The Balaban J connectivity index is 1.18. The Kier molecular flexibility index (Phi) is 6.52. The maximum atomic E-state index is 12.0. The van der Waals surface area contributed by atoms with Gasteiger partial charge in [-0.15, -0.1) is 0 Å². The summed E-state index contributed by atoms with van der Waals surface area (Å²) < 4.78 is 5.07. The van der Waals surface area contributed by atoms with E-state index in [2.05, 4.69) is 64.5 Å². The van der Waals surface area contributed by atoms with Crippen LogP contribution >= 0.6 is 0 Å². The minimum Gasteiger partial charge on any atom is -0.442 e. The summed E-state index contributed by atoms with van der Waals surface area (Å²) in [6.45, 7) is 3.29. The van der Waals surface area contributed by atoms with Crippen LogP contribution in [0, 0.1) is 5.92 Å². The number of hydrogen-bond acceptors (Lipinski definition) is 4. The number of piperidine rings is 1. The third-order valence-corrected chi connectivity index (χ3v) is 5.86. The van der Waals surface area contributed by atoms with E-state index in [0.717, 1.165) is 38.4 Å². The van der Waals surface area contributed by atoms with Gasteiger partial charge in [0.05, 0.1) is 6.20 Å². The van der Waals surface area contributed by atoms with Crippen LogP contribution in [0.4, 0.5) is 0 Å². The highest BCUT2D eigenvalue weighted by Crippen LogP contribution is 2.25. The Morgan fingerprint density at radius 2 is 1.72 bits per heavy atom. The average Bonchev–Trinajstić information content (AvgIpc) is 3.31. The Bertz CT molecular complexity index is 880. The van der Waals surface area contributed by atoms with Crippen molar-refractivity contribution in [3.8, 4) is 11.1 Å². The number of aromatic nitrogens is 1. The Labute approximate surface area is 172 Å². The molecule has 1 aliphatic rings. The van der Waals surface area contributed by atoms with Crippen LogP contribution in [0.2, 0.25) is 0 Å². The number of carbonyl (C=O) groups is 1. The van der Waals surface area contributed by atoms with Gasteiger partial charge >= 0.3 is 0 Å². The van der Waals surface area contributed by atoms with Gasteiger partial charge in [-0.3, -0.25) is 9.69 Å². The Morgan fingerprint density at radius 3 is 2.41 bits per heavy atom. The van der Waals surface area contributed by atoms with E-state index in [9.17, 15) is 4.79 Å². The molecule has 4 nitrogen and oxygen atoms in total. The third kappa shape index (κ3) is 5.42. The molecule has 0 unspecified atom stereocenters. The minimum absolute atomic E-state index is 0.0198. The summed E-state index contributed by atoms with van der Waals surface area (Å²) in [6, 6.07) is 19.5. The first kappa shape index (κ1) is 19.6. The van der Waals surface area contributed by atoms with Gasteiger partial charge in [0.15, 0.2) is 0 Å². The molecule has 2 heterocycles. The second kappa shape index (κ2) is 9.66. The normalized spacial score (nSPS) is 15.4. The molecular weight excluding hydrogens is 360 g/mol. The van der Waals surface area contributed by atoms with Crippen LogP contribution in [0.25, 0.3) is 11.1 Å². The molecule has 1 aromatic heterocycles. The molecule has 1 saturated heterocycles. The number of benzene rings is 2. The van der Waals surface area contributed by atoms with E-state index < -0.39 is 0 Å². The number of likely N-dealkylation sites (tertiary alicyclic amines) is 1. The van der Waals surface area contributed by atoms with Crippen LogP contribution in [0.15, 0.2) is 71.5 Å². The Morgan fingerprint density at radius 1 is 1.00 bits per heavy atom. The van der Waals surface area contributed by atoms with E-state index in [1.807, 2.05) is 0 Å². The monoisotopic (exact) mass is 388 g/mol. The van der Waals surface area contributed by atoms with E-state index in [1.54, 1.807) is 0 Å². The second-order valence-electron chi connectivity index (χ2n) is 7.94. The fraction of sp³-hybridized carbons (Fsp3) is 0.360. The number of hydrogen-bond donors (Lipinski definition) is 0. The SMILES string of the molecule is O=C(CCCC1CCN(Cc2ccc(-c3ccccc3)cc2)CC1)c1ncco1. The zero-order valence-corrected chi connectivity index (χ0v) is 16.8. The lowest BCUT2D eigenvalue weighted by Gasteiger charge is -2.32. The maximum absolute atomic E-state index is 12.0. The van der Waals surface area contributed by atoms with E-state index in [-0.39, 0.29) is 11.7 Å². The number of nitrogens with zero attached hydrogens (tertiary/aromatic N) is 2. The molecule has 0 radical (unpaired) electrons. The molecule has 4 heteroatoms. The number of oxazole rings is 1. The van der Waals surface area contributed by atoms with Gasteiger partial charge in [0.25, 0.3) is 5.89 Å². The summed E-state index contributed by atoms with van der Waals surface area (Å²) >= 11 is 0. The van der Waals surface area contributed by atoms with Crippen molar-refractivity contribution in [2.45, 2.75) is 38.6 Å². The molecule has 0 N–H and O–H groups in total. The van der Waals surface area contributed by atoms with Crippen molar-refractivity contribution in [2.75, 3.05) is 13.1 Å². The van der Waals surface area contributed by atoms with E-state index >= 15 is 0 Å². The van der Waals surface area contributed by atoms with Crippen molar-refractivity contribution in [1.82, 2.24) is 9.88 Å². The Hall–Kier alpha value is -2.72. The van der Waals surface area contributed by atoms with Crippen molar-refractivity contribution in [3.63, 3.8) is 0 Å². The number of carbonyl (C=O) groups excluding carboxylic acids is 1. The molecule has 2 aromatic carbocycles. The molecule has 0 atom stereocenters. The summed E-state index contributed by atoms with van der Waals surface area (Å²) in [7, 11) is 0. The first-order chi connectivity index (χ1) is 14.3. The zero-order valence-electron chi connectivity index (χ0n) is 16.8.